The van der Waals surface area contributed by atoms with Crippen molar-refractivity contribution in [1.82, 2.24) is 10.3 Å². The number of amidine groups is 1. The summed E-state index contributed by atoms with van der Waals surface area (Å²) in [5.74, 6) is 2.92. The number of hydrogen-bond acceptors (Lipinski definition) is 5. The average Bonchev–Trinajstić information content (AvgIpc) is 3.47. The third kappa shape index (κ3) is 7.06. The Morgan fingerprint density at radius 2 is 1.74 bits per heavy atom. The molecule has 2 heterocycles. The number of nitrogens with zero attached hydrogens (tertiary/aromatic N) is 3. The Bertz CT molecular complexity index is 1020. The Morgan fingerprint density at radius 1 is 1.09 bits per heavy atom. The van der Waals surface area contributed by atoms with E-state index >= 15 is 0 Å². The second-order valence-electron chi connectivity index (χ2n) is 9.99. The van der Waals surface area contributed by atoms with Crippen LogP contribution < -0.4 is 5.32 Å². The van der Waals surface area contributed by atoms with E-state index in [1.165, 1.54) is 5.56 Å². The molecule has 0 radical (unpaired) electrons. The molecule has 1 amide bonds. The number of hydrogen-bond donors (Lipinski definition) is 1. The molecule has 1 aliphatic rings. The summed E-state index contributed by atoms with van der Waals surface area (Å²) in [6, 6.07) is 8.47. The molecule has 7 heteroatoms. The third-order valence-electron chi connectivity index (χ3n) is 6.58. The summed E-state index contributed by atoms with van der Waals surface area (Å²) in [6.45, 7) is 17.5. The van der Waals surface area contributed by atoms with Crippen LogP contribution in [0.25, 0.3) is 0 Å². The summed E-state index contributed by atoms with van der Waals surface area (Å²) in [5, 5.41) is 2.96. The Kier molecular flexibility index (Phi) is 8.77. The third-order valence-corrected chi connectivity index (χ3v) is 7.59. The van der Waals surface area contributed by atoms with Crippen LogP contribution in [0.1, 0.15) is 70.7 Å². The molecule has 184 valence electrons. The SMILES string of the molecule is CC[N+](CC)(CC)Cc1ccc(CC(=O)NC2=NC=C(SCc3ncc(C(C)(C)C)o3)C2)cc1. The van der Waals surface area contributed by atoms with Crippen molar-refractivity contribution in [3.8, 4) is 0 Å². The molecular formula is C27H39N4O2S+. The highest BCUT2D eigenvalue weighted by Gasteiger charge is 2.22. The number of quaternary nitrogens is 1. The molecule has 0 saturated carbocycles. The van der Waals surface area contributed by atoms with Gasteiger partial charge < -0.3 is 14.2 Å². The highest BCUT2D eigenvalue weighted by atomic mass is 32.2. The van der Waals surface area contributed by atoms with Crippen LogP contribution >= 0.6 is 11.8 Å². The van der Waals surface area contributed by atoms with Crippen LogP contribution in [0.3, 0.4) is 0 Å². The van der Waals surface area contributed by atoms with Crippen molar-refractivity contribution in [3.63, 3.8) is 0 Å². The molecule has 0 saturated heterocycles. The van der Waals surface area contributed by atoms with E-state index in [1.54, 1.807) is 18.0 Å². The van der Waals surface area contributed by atoms with Crippen molar-refractivity contribution in [2.75, 3.05) is 19.6 Å². The van der Waals surface area contributed by atoms with E-state index in [9.17, 15) is 4.79 Å². The van der Waals surface area contributed by atoms with Crippen LogP contribution in [-0.4, -0.2) is 40.8 Å². The summed E-state index contributed by atoms with van der Waals surface area (Å²) in [7, 11) is 0. The predicted molar refractivity (Wildman–Crippen MR) is 141 cm³/mol. The predicted octanol–water partition coefficient (Wildman–Crippen LogP) is 5.58. The molecule has 0 spiro atoms. The lowest BCUT2D eigenvalue weighted by atomic mass is 9.94. The Hall–Kier alpha value is -2.38. The molecule has 34 heavy (non-hydrogen) atoms. The number of thioether (sulfide) groups is 1. The molecule has 2 aromatic rings. The number of amides is 1. The first-order valence-electron chi connectivity index (χ1n) is 12.2. The fourth-order valence-corrected chi connectivity index (χ4v) is 4.80. The molecule has 0 atom stereocenters. The van der Waals surface area contributed by atoms with Crippen LogP contribution in [0.15, 0.2) is 51.0 Å². The van der Waals surface area contributed by atoms with Gasteiger partial charge in [0.25, 0.3) is 0 Å². The molecule has 0 unspecified atom stereocenters. The molecule has 1 N–H and O–H groups in total. The van der Waals surface area contributed by atoms with Crippen molar-refractivity contribution in [2.45, 2.75) is 72.1 Å². The molecule has 0 fully saturated rings. The van der Waals surface area contributed by atoms with Crippen LogP contribution in [0.2, 0.25) is 0 Å². The first-order valence-corrected chi connectivity index (χ1v) is 13.2. The number of aromatic nitrogens is 1. The van der Waals surface area contributed by atoms with E-state index in [4.69, 9.17) is 4.42 Å². The number of aliphatic imine (C=N–C) groups is 1. The van der Waals surface area contributed by atoms with E-state index < -0.39 is 0 Å². The van der Waals surface area contributed by atoms with Gasteiger partial charge in [-0.25, -0.2) is 9.98 Å². The normalized spacial score (nSPS) is 14.2. The van der Waals surface area contributed by atoms with Gasteiger partial charge in [0.1, 0.15) is 18.1 Å². The van der Waals surface area contributed by atoms with E-state index in [2.05, 4.69) is 81.1 Å². The van der Waals surface area contributed by atoms with Crippen LogP contribution in [0.4, 0.5) is 0 Å². The average molecular weight is 484 g/mol. The number of nitrogens with one attached hydrogen (secondary N) is 1. The van der Waals surface area contributed by atoms with Crippen LogP contribution in [0, 0.1) is 0 Å². The standard InChI is InChI=1S/C27H38N4O2S/c1-7-31(8-2,9-3)18-21-12-10-20(11-13-21)14-25(32)30-24-15-22(16-28-24)34-19-26-29-17-23(33-26)27(4,5)6/h10-13,16-17H,7-9,14-15,18-19H2,1-6H3/p+1. The van der Waals surface area contributed by atoms with Crippen molar-refractivity contribution < 1.29 is 13.7 Å². The van der Waals surface area contributed by atoms with Gasteiger partial charge in [-0.05, 0) is 26.3 Å². The summed E-state index contributed by atoms with van der Waals surface area (Å²) in [4.78, 5) is 22.4. The lowest BCUT2D eigenvalue weighted by molar-refractivity contribution is -0.936. The van der Waals surface area contributed by atoms with Gasteiger partial charge >= 0.3 is 0 Å². The van der Waals surface area contributed by atoms with E-state index in [0.29, 0.717) is 30.3 Å². The lowest BCUT2D eigenvalue weighted by Crippen LogP contribution is -2.46. The highest BCUT2D eigenvalue weighted by Crippen LogP contribution is 2.29. The second kappa shape index (κ2) is 11.4. The van der Waals surface area contributed by atoms with Gasteiger partial charge in [0.05, 0.1) is 38.0 Å². The lowest BCUT2D eigenvalue weighted by Gasteiger charge is -2.35. The minimum atomic E-state index is -0.0479. The Labute approximate surface area is 208 Å². The van der Waals surface area contributed by atoms with Gasteiger partial charge in [-0.1, -0.05) is 45.0 Å². The first-order chi connectivity index (χ1) is 16.2. The molecule has 1 aromatic carbocycles. The number of oxazole rings is 1. The molecule has 6 nitrogen and oxygen atoms in total. The second-order valence-corrected chi connectivity index (χ2v) is 11.1. The summed E-state index contributed by atoms with van der Waals surface area (Å²) < 4.78 is 6.94. The number of rotatable bonds is 10. The van der Waals surface area contributed by atoms with E-state index in [1.807, 2.05) is 6.20 Å². The fourth-order valence-electron chi connectivity index (χ4n) is 4.00. The monoisotopic (exact) mass is 483 g/mol. The summed E-state index contributed by atoms with van der Waals surface area (Å²) in [5.41, 5.74) is 2.29. The summed E-state index contributed by atoms with van der Waals surface area (Å²) >= 11 is 1.64. The van der Waals surface area contributed by atoms with Gasteiger partial charge in [0.2, 0.25) is 11.8 Å². The number of benzene rings is 1. The Morgan fingerprint density at radius 3 is 2.32 bits per heavy atom. The zero-order valence-electron chi connectivity index (χ0n) is 21.5. The molecule has 1 aliphatic heterocycles. The van der Waals surface area contributed by atoms with Crippen LogP contribution in [0.5, 0.6) is 0 Å². The first kappa shape index (κ1) is 26.2. The maximum absolute atomic E-state index is 12.6. The maximum atomic E-state index is 12.6. The molecule has 1 aromatic heterocycles. The van der Waals surface area contributed by atoms with Crippen molar-refractivity contribution in [1.29, 1.82) is 0 Å². The Balaban J connectivity index is 1.43. The molecular weight excluding hydrogens is 444 g/mol. The minimum Gasteiger partial charge on any atom is -0.444 e. The molecule has 3 rings (SSSR count). The number of carbonyl (C=O) groups is 1. The fraction of sp³-hybridized carbons (Fsp3) is 0.519. The van der Waals surface area contributed by atoms with E-state index in [0.717, 1.165) is 46.9 Å². The minimum absolute atomic E-state index is 0.0329. The van der Waals surface area contributed by atoms with Crippen molar-refractivity contribution in [2.24, 2.45) is 4.99 Å². The van der Waals surface area contributed by atoms with Gasteiger partial charge in [0.15, 0.2) is 0 Å². The zero-order valence-corrected chi connectivity index (χ0v) is 22.3. The zero-order chi connectivity index (χ0) is 24.8. The van der Waals surface area contributed by atoms with Gasteiger partial charge in [-0.15, -0.1) is 11.8 Å². The summed E-state index contributed by atoms with van der Waals surface area (Å²) in [6.07, 6.45) is 4.61. The largest absolute Gasteiger partial charge is 0.444 e. The van der Waals surface area contributed by atoms with Gasteiger partial charge in [-0.3, -0.25) is 4.79 Å². The van der Waals surface area contributed by atoms with Crippen molar-refractivity contribution >= 4 is 23.5 Å². The van der Waals surface area contributed by atoms with Crippen LogP contribution in [-0.2, 0) is 28.9 Å². The maximum Gasteiger partial charge on any atom is 0.229 e. The number of carbonyl (C=O) groups excluding carboxylic acids is 1. The van der Waals surface area contributed by atoms with E-state index in [-0.39, 0.29) is 11.3 Å². The van der Waals surface area contributed by atoms with Gasteiger partial charge in [0, 0.05) is 28.5 Å². The molecule has 0 aliphatic carbocycles. The quantitative estimate of drug-likeness (QED) is 0.448. The van der Waals surface area contributed by atoms with Gasteiger partial charge in [-0.2, -0.15) is 0 Å². The topological polar surface area (TPSA) is 67.5 Å². The van der Waals surface area contributed by atoms with Crippen molar-refractivity contribution in [3.05, 3.63) is 64.3 Å². The highest BCUT2D eigenvalue weighted by molar-refractivity contribution is 8.02. The smallest absolute Gasteiger partial charge is 0.229 e. The molecule has 0 bridgehead atoms.